The van der Waals surface area contributed by atoms with Crippen molar-refractivity contribution >= 4 is 5.97 Å². The number of carboxylic acid groups (broad SMARTS) is 1. The van der Waals surface area contributed by atoms with E-state index < -0.39 is 12.1 Å². The van der Waals surface area contributed by atoms with Crippen LogP contribution in [-0.4, -0.2) is 22.3 Å². The maximum atomic E-state index is 10.6. The first-order valence-electron chi connectivity index (χ1n) is 4.27. The topological polar surface area (TPSA) is 57.5 Å². The fourth-order valence-corrected chi connectivity index (χ4v) is 1.41. The Morgan fingerprint density at radius 3 is 2.75 bits per heavy atom. The van der Waals surface area contributed by atoms with E-state index in [1.165, 1.54) is 0 Å². The quantitative estimate of drug-likeness (QED) is 0.581. The van der Waals surface area contributed by atoms with Gasteiger partial charge in [-0.2, -0.15) is 0 Å². The minimum Gasteiger partial charge on any atom is -0.481 e. The molecule has 0 spiro atoms. The van der Waals surface area contributed by atoms with E-state index >= 15 is 0 Å². The van der Waals surface area contributed by atoms with Crippen LogP contribution in [0.15, 0.2) is 12.2 Å². The van der Waals surface area contributed by atoms with Gasteiger partial charge in [-0.05, 0) is 25.7 Å². The highest BCUT2D eigenvalue weighted by Gasteiger charge is 2.18. The standard InChI is InChI=1S/C9H14O3/c10-8-4-2-1-3-7(5-6-8)9(11)12/h2,4,7-8,10H,1,3,5-6H2,(H,11,12)/b4-2-/t7-,8-/m1/s1. The van der Waals surface area contributed by atoms with Crippen molar-refractivity contribution in [2.75, 3.05) is 0 Å². The van der Waals surface area contributed by atoms with Crippen molar-refractivity contribution in [2.45, 2.75) is 31.8 Å². The second kappa shape index (κ2) is 4.26. The molecule has 0 fully saturated rings. The third-order valence-corrected chi connectivity index (χ3v) is 2.20. The van der Waals surface area contributed by atoms with Gasteiger partial charge in [-0.15, -0.1) is 0 Å². The zero-order chi connectivity index (χ0) is 8.97. The van der Waals surface area contributed by atoms with Gasteiger partial charge in [0, 0.05) is 0 Å². The summed E-state index contributed by atoms with van der Waals surface area (Å²) in [7, 11) is 0. The van der Waals surface area contributed by atoms with Gasteiger partial charge in [-0.3, -0.25) is 4.79 Å². The maximum Gasteiger partial charge on any atom is 0.306 e. The van der Waals surface area contributed by atoms with Crippen molar-refractivity contribution < 1.29 is 15.0 Å². The largest absolute Gasteiger partial charge is 0.481 e. The van der Waals surface area contributed by atoms with E-state index in [0.29, 0.717) is 19.3 Å². The Kier molecular flexibility index (Phi) is 3.29. The van der Waals surface area contributed by atoms with Crippen LogP contribution < -0.4 is 0 Å². The molecule has 0 unspecified atom stereocenters. The summed E-state index contributed by atoms with van der Waals surface area (Å²) in [6, 6.07) is 0. The van der Waals surface area contributed by atoms with E-state index in [4.69, 9.17) is 5.11 Å². The molecule has 0 aromatic heterocycles. The van der Waals surface area contributed by atoms with Crippen LogP contribution in [0.5, 0.6) is 0 Å². The molecule has 3 heteroatoms. The summed E-state index contributed by atoms with van der Waals surface area (Å²) < 4.78 is 0. The number of carboxylic acids is 1. The van der Waals surface area contributed by atoms with Crippen LogP contribution in [0.4, 0.5) is 0 Å². The van der Waals surface area contributed by atoms with Crippen LogP contribution in [0.1, 0.15) is 25.7 Å². The van der Waals surface area contributed by atoms with Gasteiger partial charge in [-0.1, -0.05) is 12.2 Å². The van der Waals surface area contributed by atoms with Crippen molar-refractivity contribution in [1.82, 2.24) is 0 Å². The van der Waals surface area contributed by atoms with Gasteiger partial charge in [0.05, 0.1) is 12.0 Å². The van der Waals surface area contributed by atoms with Crippen LogP contribution in [0, 0.1) is 5.92 Å². The summed E-state index contributed by atoms with van der Waals surface area (Å²) in [5, 5.41) is 18.0. The molecule has 0 saturated heterocycles. The van der Waals surface area contributed by atoms with Crippen LogP contribution in [0.2, 0.25) is 0 Å². The monoisotopic (exact) mass is 170 g/mol. The molecule has 0 radical (unpaired) electrons. The number of hydrogen-bond acceptors (Lipinski definition) is 2. The molecule has 2 N–H and O–H groups in total. The van der Waals surface area contributed by atoms with Crippen LogP contribution in [0.3, 0.4) is 0 Å². The van der Waals surface area contributed by atoms with Crippen molar-refractivity contribution in [3.63, 3.8) is 0 Å². The van der Waals surface area contributed by atoms with E-state index in [9.17, 15) is 9.90 Å². The van der Waals surface area contributed by atoms with Crippen molar-refractivity contribution in [2.24, 2.45) is 5.92 Å². The molecule has 12 heavy (non-hydrogen) atoms. The molecule has 0 amide bonds. The van der Waals surface area contributed by atoms with E-state index in [-0.39, 0.29) is 5.92 Å². The minimum atomic E-state index is -0.738. The number of carbonyl (C=O) groups is 1. The number of rotatable bonds is 1. The predicted octanol–water partition coefficient (Wildman–Crippen LogP) is 1.18. The van der Waals surface area contributed by atoms with Gasteiger partial charge in [0.2, 0.25) is 0 Å². The lowest BCUT2D eigenvalue weighted by Crippen LogP contribution is -2.17. The fourth-order valence-electron chi connectivity index (χ4n) is 1.41. The molecule has 0 aromatic carbocycles. The Hall–Kier alpha value is -0.830. The van der Waals surface area contributed by atoms with E-state index in [1.807, 2.05) is 6.08 Å². The predicted molar refractivity (Wildman–Crippen MR) is 44.7 cm³/mol. The number of aliphatic hydroxyl groups excluding tert-OH is 1. The van der Waals surface area contributed by atoms with Gasteiger partial charge in [0.1, 0.15) is 0 Å². The highest BCUT2D eigenvalue weighted by atomic mass is 16.4. The first kappa shape index (κ1) is 9.26. The smallest absolute Gasteiger partial charge is 0.306 e. The molecule has 3 nitrogen and oxygen atoms in total. The lowest BCUT2D eigenvalue weighted by molar-refractivity contribution is -0.142. The van der Waals surface area contributed by atoms with Gasteiger partial charge >= 0.3 is 5.97 Å². The fraction of sp³-hybridized carbons (Fsp3) is 0.667. The third-order valence-electron chi connectivity index (χ3n) is 2.20. The number of aliphatic hydroxyl groups is 1. The normalized spacial score (nSPS) is 33.4. The van der Waals surface area contributed by atoms with E-state index in [0.717, 1.165) is 6.42 Å². The Balaban J connectivity index is 2.49. The zero-order valence-corrected chi connectivity index (χ0v) is 6.94. The molecule has 1 aliphatic rings. The molecule has 0 saturated carbocycles. The molecular weight excluding hydrogens is 156 g/mol. The van der Waals surface area contributed by atoms with Gasteiger partial charge in [-0.25, -0.2) is 0 Å². The SMILES string of the molecule is O=C(O)[C@@H]1CC/C=C\[C@@H](O)CC1. The number of allylic oxidation sites excluding steroid dienone is 1. The highest BCUT2D eigenvalue weighted by Crippen LogP contribution is 2.18. The average molecular weight is 170 g/mol. The van der Waals surface area contributed by atoms with Crippen LogP contribution in [0.25, 0.3) is 0 Å². The van der Waals surface area contributed by atoms with Gasteiger partial charge < -0.3 is 10.2 Å². The summed E-state index contributed by atoms with van der Waals surface area (Å²) in [5.41, 5.74) is 0. The van der Waals surface area contributed by atoms with E-state index in [1.54, 1.807) is 6.08 Å². The number of hydrogen-bond donors (Lipinski definition) is 2. The average Bonchev–Trinajstić information content (AvgIpc) is 1.97. The Morgan fingerprint density at radius 2 is 2.08 bits per heavy atom. The molecular formula is C9H14O3. The highest BCUT2D eigenvalue weighted by molar-refractivity contribution is 5.69. The first-order chi connectivity index (χ1) is 5.70. The zero-order valence-electron chi connectivity index (χ0n) is 6.94. The minimum absolute atomic E-state index is 0.274. The molecule has 0 bridgehead atoms. The van der Waals surface area contributed by atoms with Gasteiger partial charge in [0.25, 0.3) is 0 Å². The van der Waals surface area contributed by atoms with Crippen LogP contribution >= 0.6 is 0 Å². The summed E-state index contributed by atoms with van der Waals surface area (Å²) in [5.74, 6) is -1.01. The summed E-state index contributed by atoms with van der Waals surface area (Å²) in [4.78, 5) is 10.6. The Morgan fingerprint density at radius 1 is 1.33 bits per heavy atom. The lowest BCUT2D eigenvalue weighted by Gasteiger charge is -2.15. The Labute approximate surface area is 71.7 Å². The Bertz CT molecular complexity index is 186. The van der Waals surface area contributed by atoms with Crippen molar-refractivity contribution in [3.8, 4) is 0 Å². The molecule has 2 atom stereocenters. The second-order valence-electron chi connectivity index (χ2n) is 3.19. The van der Waals surface area contributed by atoms with Crippen LogP contribution in [-0.2, 0) is 4.79 Å². The number of aliphatic carboxylic acids is 1. The molecule has 0 heterocycles. The maximum absolute atomic E-state index is 10.6. The van der Waals surface area contributed by atoms with Crippen molar-refractivity contribution in [1.29, 1.82) is 0 Å². The van der Waals surface area contributed by atoms with Gasteiger partial charge in [0.15, 0.2) is 0 Å². The van der Waals surface area contributed by atoms with Crippen molar-refractivity contribution in [3.05, 3.63) is 12.2 Å². The summed E-state index contributed by atoms with van der Waals surface area (Å²) >= 11 is 0. The molecule has 0 aliphatic heterocycles. The molecule has 1 rings (SSSR count). The second-order valence-corrected chi connectivity index (χ2v) is 3.19. The molecule has 0 aromatic rings. The summed E-state index contributed by atoms with van der Waals surface area (Å²) in [6.07, 6.45) is 5.76. The molecule has 68 valence electrons. The first-order valence-corrected chi connectivity index (χ1v) is 4.27. The van der Waals surface area contributed by atoms with E-state index in [2.05, 4.69) is 0 Å². The molecule has 1 aliphatic carbocycles. The summed E-state index contributed by atoms with van der Waals surface area (Å²) in [6.45, 7) is 0. The third kappa shape index (κ3) is 2.66. The lowest BCUT2D eigenvalue weighted by atomic mass is 9.93.